The van der Waals surface area contributed by atoms with Crippen LogP contribution in [0.2, 0.25) is 0 Å². The Hall–Kier alpha value is -0.540. The Morgan fingerprint density at radius 1 is 1.47 bits per heavy atom. The monoisotopic (exact) mass is 297 g/mol. The van der Waals surface area contributed by atoms with Gasteiger partial charge in [-0.15, -0.1) is 0 Å². The maximum Gasteiger partial charge on any atom is 0.119 e. The minimum absolute atomic E-state index is 0.888. The first-order valence-corrected chi connectivity index (χ1v) is 7.07. The number of benzene rings is 1. The molecule has 94 valence electrons. The average Bonchev–Trinajstić information content (AvgIpc) is 2.80. The minimum atomic E-state index is 0.888. The van der Waals surface area contributed by atoms with Gasteiger partial charge in [0.15, 0.2) is 0 Å². The van der Waals surface area contributed by atoms with Crippen LogP contribution in [-0.2, 0) is 6.54 Å². The van der Waals surface area contributed by atoms with Crippen LogP contribution in [0.4, 0.5) is 0 Å². The Balaban J connectivity index is 2.03. The first-order valence-electron chi connectivity index (χ1n) is 6.27. The molecule has 0 N–H and O–H groups in total. The summed E-state index contributed by atoms with van der Waals surface area (Å²) in [7, 11) is 1.72. The van der Waals surface area contributed by atoms with E-state index in [0.29, 0.717) is 0 Å². The van der Waals surface area contributed by atoms with E-state index in [1.165, 1.54) is 36.0 Å². The van der Waals surface area contributed by atoms with Crippen molar-refractivity contribution in [3.63, 3.8) is 0 Å². The summed E-state index contributed by atoms with van der Waals surface area (Å²) in [5.74, 6) is 1.83. The summed E-state index contributed by atoms with van der Waals surface area (Å²) in [5, 5.41) is 0. The van der Waals surface area contributed by atoms with Crippen LogP contribution in [0.5, 0.6) is 5.75 Å². The largest absolute Gasteiger partial charge is 0.497 e. The molecule has 1 aromatic carbocycles. The van der Waals surface area contributed by atoms with Crippen molar-refractivity contribution in [2.45, 2.75) is 26.3 Å². The molecule has 1 saturated heterocycles. The second-order valence-electron chi connectivity index (χ2n) is 4.76. The van der Waals surface area contributed by atoms with Crippen LogP contribution in [0, 0.1) is 5.92 Å². The van der Waals surface area contributed by atoms with Crippen molar-refractivity contribution >= 4 is 15.9 Å². The molecule has 3 heteroatoms. The normalized spacial score (nSPS) is 20.8. The molecule has 17 heavy (non-hydrogen) atoms. The predicted octanol–water partition coefficient (Wildman–Crippen LogP) is 3.69. The molecule has 1 aliphatic heterocycles. The summed E-state index contributed by atoms with van der Waals surface area (Å²) in [6.45, 7) is 5.77. The van der Waals surface area contributed by atoms with Crippen LogP contribution < -0.4 is 4.74 Å². The van der Waals surface area contributed by atoms with Gasteiger partial charge < -0.3 is 4.74 Å². The van der Waals surface area contributed by atoms with Crippen LogP contribution in [0.25, 0.3) is 0 Å². The van der Waals surface area contributed by atoms with Crippen molar-refractivity contribution < 1.29 is 4.74 Å². The summed E-state index contributed by atoms with van der Waals surface area (Å²) in [6, 6.07) is 6.19. The molecule has 0 spiro atoms. The highest BCUT2D eigenvalue weighted by Crippen LogP contribution is 2.26. The number of ether oxygens (including phenoxy) is 1. The van der Waals surface area contributed by atoms with Crippen LogP contribution in [-0.4, -0.2) is 25.1 Å². The Bertz CT molecular complexity index is 380. The molecule has 0 bridgehead atoms. The zero-order chi connectivity index (χ0) is 12.3. The van der Waals surface area contributed by atoms with Gasteiger partial charge in [0, 0.05) is 17.6 Å². The fourth-order valence-electron chi connectivity index (χ4n) is 2.43. The van der Waals surface area contributed by atoms with Crippen LogP contribution in [0.3, 0.4) is 0 Å². The maximum atomic E-state index is 5.28. The maximum absolute atomic E-state index is 5.28. The number of likely N-dealkylation sites (tertiary alicyclic amines) is 1. The van der Waals surface area contributed by atoms with Crippen LogP contribution in [0.1, 0.15) is 25.3 Å². The minimum Gasteiger partial charge on any atom is -0.497 e. The highest BCUT2D eigenvalue weighted by Gasteiger charge is 2.21. The van der Waals surface area contributed by atoms with Crippen LogP contribution in [0.15, 0.2) is 22.7 Å². The van der Waals surface area contributed by atoms with Gasteiger partial charge in [-0.3, -0.25) is 4.90 Å². The van der Waals surface area contributed by atoms with Gasteiger partial charge in [0.1, 0.15) is 5.75 Å². The Morgan fingerprint density at radius 3 is 2.94 bits per heavy atom. The molecular formula is C14H20BrNO. The van der Waals surface area contributed by atoms with E-state index >= 15 is 0 Å². The lowest BCUT2D eigenvalue weighted by molar-refractivity contribution is 0.314. The van der Waals surface area contributed by atoms with Gasteiger partial charge in [0.2, 0.25) is 0 Å². The lowest BCUT2D eigenvalue weighted by Gasteiger charge is -2.17. The van der Waals surface area contributed by atoms with Gasteiger partial charge in [-0.25, -0.2) is 0 Å². The molecule has 0 aromatic heterocycles. The molecule has 0 amide bonds. The fourth-order valence-corrected chi connectivity index (χ4v) is 2.80. The number of halogens is 1. The van der Waals surface area contributed by atoms with Gasteiger partial charge in [0.25, 0.3) is 0 Å². The molecule has 0 saturated carbocycles. The predicted molar refractivity (Wildman–Crippen MR) is 74.4 cm³/mol. The molecule has 0 aliphatic carbocycles. The summed E-state index contributed by atoms with van der Waals surface area (Å²) in [6.07, 6.45) is 2.65. The lowest BCUT2D eigenvalue weighted by Crippen LogP contribution is -2.20. The van der Waals surface area contributed by atoms with E-state index in [2.05, 4.69) is 39.9 Å². The zero-order valence-corrected chi connectivity index (χ0v) is 12.2. The molecule has 0 radical (unpaired) electrons. The van der Waals surface area contributed by atoms with E-state index in [1.807, 2.05) is 6.07 Å². The molecule has 1 fully saturated rings. The van der Waals surface area contributed by atoms with Crippen LogP contribution >= 0.6 is 15.9 Å². The second-order valence-corrected chi connectivity index (χ2v) is 5.61. The van der Waals surface area contributed by atoms with E-state index in [0.717, 1.165) is 18.2 Å². The summed E-state index contributed by atoms with van der Waals surface area (Å²) in [5.41, 5.74) is 1.32. The molecule has 2 nitrogen and oxygen atoms in total. The van der Waals surface area contributed by atoms with E-state index < -0.39 is 0 Å². The molecular weight excluding hydrogens is 278 g/mol. The zero-order valence-electron chi connectivity index (χ0n) is 10.6. The summed E-state index contributed by atoms with van der Waals surface area (Å²) >= 11 is 3.62. The number of hydrogen-bond acceptors (Lipinski definition) is 2. The van der Waals surface area contributed by atoms with Crippen molar-refractivity contribution in [1.29, 1.82) is 0 Å². The third-order valence-corrected chi connectivity index (χ3v) is 4.37. The van der Waals surface area contributed by atoms with Crippen molar-refractivity contribution in [3.8, 4) is 5.75 Å². The quantitative estimate of drug-likeness (QED) is 0.840. The Morgan fingerprint density at radius 2 is 2.29 bits per heavy atom. The Kier molecular flexibility index (Phi) is 4.46. The van der Waals surface area contributed by atoms with Gasteiger partial charge in [0.05, 0.1) is 7.11 Å². The first-order chi connectivity index (χ1) is 8.22. The van der Waals surface area contributed by atoms with Gasteiger partial charge >= 0.3 is 0 Å². The Labute approximate surface area is 112 Å². The van der Waals surface area contributed by atoms with Crippen molar-refractivity contribution in [2.24, 2.45) is 5.92 Å². The molecule has 1 heterocycles. The van der Waals surface area contributed by atoms with Crippen molar-refractivity contribution in [1.82, 2.24) is 4.90 Å². The SMILES string of the molecule is CCC1CCN(Cc2cc(OC)ccc2Br)C1. The van der Waals surface area contributed by atoms with E-state index in [-0.39, 0.29) is 0 Å². The highest BCUT2D eigenvalue weighted by atomic mass is 79.9. The molecule has 2 rings (SSSR count). The second kappa shape index (κ2) is 5.87. The van der Waals surface area contributed by atoms with Crippen molar-refractivity contribution in [3.05, 3.63) is 28.2 Å². The van der Waals surface area contributed by atoms with Gasteiger partial charge in [-0.1, -0.05) is 29.3 Å². The highest BCUT2D eigenvalue weighted by molar-refractivity contribution is 9.10. The van der Waals surface area contributed by atoms with E-state index in [1.54, 1.807) is 7.11 Å². The first kappa shape index (κ1) is 12.9. The molecule has 1 aliphatic rings. The topological polar surface area (TPSA) is 12.5 Å². The van der Waals surface area contributed by atoms with Gasteiger partial charge in [-0.2, -0.15) is 0 Å². The van der Waals surface area contributed by atoms with Gasteiger partial charge in [-0.05, 0) is 42.6 Å². The number of hydrogen-bond donors (Lipinski definition) is 0. The number of nitrogens with zero attached hydrogens (tertiary/aromatic N) is 1. The summed E-state index contributed by atoms with van der Waals surface area (Å²) in [4.78, 5) is 2.54. The standard InChI is InChI=1S/C14H20BrNO/c1-3-11-6-7-16(9-11)10-12-8-13(17-2)4-5-14(12)15/h4-5,8,11H,3,6-7,9-10H2,1-2H3. The average molecular weight is 298 g/mol. The third kappa shape index (κ3) is 3.23. The fraction of sp³-hybridized carbons (Fsp3) is 0.571. The van der Waals surface area contributed by atoms with E-state index in [9.17, 15) is 0 Å². The van der Waals surface area contributed by atoms with E-state index in [4.69, 9.17) is 4.74 Å². The smallest absolute Gasteiger partial charge is 0.119 e. The molecule has 1 aromatic rings. The van der Waals surface area contributed by atoms with Crippen molar-refractivity contribution in [2.75, 3.05) is 20.2 Å². The number of methoxy groups -OCH3 is 1. The lowest BCUT2D eigenvalue weighted by atomic mass is 10.1. The number of rotatable bonds is 4. The summed E-state index contributed by atoms with van der Waals surface area (Å²) < 4.78 is 6.46. The molecule has 1 atom stereocenters. The molecule has 1 unspecified atom stereocenters. The third-order valence-electron chi connectivity index (χ3n) is 3.59.